The predicted molar refractivity (Wildman–Crippen MR) is 63.0 cm³/mol. The maximum Gasteiger partial charge on any atom is 2.00 e. The molecule has 0 aromatic heterocycles. The summed E-state index contributed by atoms with van der Waals surface area (Å²) in [5.41, 5.74) is 0.387. The van der Waals surface area contributed by atoms with Gasteiger partial charge in [0.05, 0.1) is 0 Å². The van der Waals surface area contributed by atoms with Crippen LogP contribution in [0.1, 0.15) is 33.6 Å². The predicted octanol–water partition coefficient (Wildman–Crippen LogP) is 2.43. The topological polar surface area (TPSA) is 12.0 Å². The summed E-state index contributed by atoms with van der Waals surface area (Å²) in [5, 5.41) is 3.51. The van der Waals surface area contributed by atoms with E-state index >= 15 is 0 Å². The quantitative estimate of drug-likeness (QED) is 0.512. The molecule has 3 heteroatoms. The molecule has 1 nitrogen and oxygen atoms in total. The van der Waals surface area contributed by atoms with Crippen LogP contribution in [0.15, 0.2) is 0 Å². The largest absolute Gasteiger partial charge is 2.00 e. The molecule has 0 spiro atoms. The van der Waals surface area contributed by atoms with Crippen LogP contribution in [-0.2, 0) is 0 Å². The first kappa shape index (κ1) is 18.9. The van der Waals surface area contributed by atoms with E-state index in [0.717, 1.165) is 5.92 Å². The third-order valence-electron chi connectivity index (χ3n) is 2.63. The monoisotopic (exact) mass is 246 g/mol. The van der Waals surface area contributed by atoms with Crippen LogP contribution in [0.5, 0.6) is 0 Å². The minimum atomic E-state index is 0. The summed E-state index contributed by atoms with van der Waals surface area (Å²) in [7, 11) is 0. The Hall–Kier alpha value is 1.21. The maximum atomic E-state index is 3.51. The Kier molecular flexibility index (Phi) is 12.0. The first-order valence-corrected chi connectivity index (χ1v) is 3.88. The molecular weight excluding hydrogens is 226 g/mol. The second kappa shape index (κ2) is 7.60. The number of hydrogen-bond acceptors (Lipinski definition) is 1. The van der Waals surface area contributed by atoms with E-state index in [1.54, 1.807) is 0 Å². The average Bonchev–Trinajstić information content (AvgIpc) is 1.77. The molecule has 1 saturated heterocycles. The van der Waals surface area contributed by atoms with Gasteiger partial charge in [0.2, 0.25) is 0 Å². The van der Waals surface area contributed by atoms with Crippen LogP contribution >= 0.6 is 17.0 Å². The number of rotatable bonds is 0. The van der Waals surface area contributed by atoms with E-state index in [1.807, 2.05) is 0 Å². The molecule has 1 N–H and O–H groups in total. The molecule has 0 amide bonds. The molecule has 1 aliphatic rings. The van der Waals surface area contributed by atoms with Crippen LogP contribution in [0.3, 0.4) is 0 Å². The molecule has 1 atom stereocenters. The molecular formula is C9H21BrMgN+. The summed E-state index contributed by atoms with van der Waals surface area (Å²) in [4.78, 5) is 0. The van der Waals surface area contributed by atoms with Gasteiger partial charge in [0.25, 0.3) is 0 Å². The Labute approximate surface area is 104 Å². The zero-order valence-corrected chi connectivity index (χ0v) is 11.9. The van der Waals surface area contributed by atoms with E-state index in [1.165, 1.54) is 19.4 Å². The fourth-order valence-electron chi connectivity index (χ4n) is 1.35. The minimum absolute atomic E-state index is 0. The summed E-state index contributed by atoms with van der Waals surface area (Å²) < 4.78 is 0. The van der Waals surface area contributed by atoms with E-state index < -0.39 is 0 Å². The maximum absolute atomic E-state index is 3.51. The SMILES string of the molecule is Br.CC1CCCNC1(C)C.[CH3-].[Mg+2]. The van der Waals surface area contributed by atoms with Gasteiger partial charge in [-0.15, -0.1) is 17.0 Å². The van der Waals surface area contributed by atoms with Gasteiger partial charge in [-0.05, 0) is 39.2 Å². The molecule has 1 fully saturated rings. The first-order valence-electron chi connectivity index (χ1n) is 3.88. The van der Waals surface area contributed by atoms with Gasteiger partial charge in [-0.3, -0.25) is 0 Å². The van der Waals surface area contributed by atoms with Crippen LogP contribution in [0.4, 0.5) is 0 Å². The molecule has 0 aromatic rings. The van der Waals surface area contributed by atoms with E-state index in [9.17, 15) is 0 Å². The van der Waals surface area contributed by atoms with Crippen LogP contribution in [0, 0.1) is 13.3 Å². The van der Waals surface area contributed by atoms with Crippen molar-refractivity contribution < 1.29 is 0 Å². The number of piperidine rings is 1. The van der Waals surface area contributed by atoms with Crippen LogP contribution in [-0.4, -0.2) is 35.1 Å². The molecule has 1 rings (SSSR count). The molecule has 0 aromatic carbocycles. The van der Waals surface area contributed by atoms with Gasteiger partial charge in [-0.25, -0.2) is 0 Å². The molecule has 0 radical (unpaired) electrons. The minimum Gasteiger partial charge on any atom is -0.358 e. The first-order chi connectivity index (χ1) is 4.13. The molecule has 1 aliphatic heterocycles. The standard InChI is InChI=1S/C8H17N.CH3.BrH.Mg/c1-7-5-4-6-9-8(7,2)3;;;/h7,9H,4-6H2,1-3H3;1H3;1H;/q;-1;;+2. The van der Waals surface area contributed by atoms with Crippen molar-refractivity contribution in [2.75, 3.05) is 6.54 Å². The van der Waals surface area contributed by atoms with E-state index in [2.05, 4.69) is 26.1 Å². The van der Waals surface area contributed by atoms with Crippen molar-refractivity contribution in [2.24, 2.45) is 5.92 Å². The summed E-state index contributed by atoms with van der Waals surface area (Å²) in [6.45, 7) is 8.11. The summed E-state index contributed by atoms with van der Waals surface area (Å²) in [6.07, 6.45) is 2.74. The van der Waals surface area contributed by atoms with E-state index in [-0.39, 0.29) is 47.5 Å². The van der Waals surface area contributed by atoms with Crippen molar-refractivity contribution in [3.63, 3.8) is 0 Å². The Morgan fingerprint density at radius 3 is 2.08 bits per heavy atom. The van der Waals surface area contributed by atoms with Crippen molar-refractivity contribution >= 4 is 40.0 Å². The zero-order chi connectivity index (χ0) is 6.91. The van der Waals surface area contributed by atoms with Crippen molar-refractivity contribution in [3.05, 3.63) is 7.43 Å². The second-order valence-electron chi connectivity index (χ2n) is 3.69. The molecule has 12 heavy (non-hydrogen) atoms. The fourth-order valence-corrected chi connectivity index (χ4v) is 1.35. The summed E-state index contributed by atoms with van der Waals surface area (Å²) in [6, 6.07) is 0. The van der Waals surface area contributed by atoms with Crippen molar-refractivity contribution in [1.29, 1.82) is 0 Å². The average molecular weight is 247 g/mol. The number of halogens is 1. The van der Waals surface area contributed by atoms with Crippen molar-refractivity contribution in [2.45, 2.75) is 39.2 Å². The molecule has 0 bridgehead atoms. The summed E-state index contributed by atoms with van der Waals surface area (Å²) in [5.74, 6) is 0.839. The van der Waals surface area contributed by atoms with Gasteiger partial charge in [-0.2, -0.15) is 0 Å². The third-order valence-corrected chi connectivity index (χ3v) is 2.63. The Morgan fingerprint density at radius 1 is 1.33 bits per heavy atom. The van der Waals surface area contributed by atoms with Gasteiger partial charge < -0.3 is 12.7 Å². The summed E-state index contributed by atoms with van der Waals surface area (Å²) >= 11 is 0. The Morgan fingerprint density at radius 2 is 1.83 bits per heavy atom. The van der Waals surface area contributed by atoms with E-state index in [4.69, 9.17) is 0 Å². The van der Waals surface area contributed by atoms with Crippen molar-refractivity contribution in [3.8, 4) is 0 Å². The molecule has 0 aliphatic carbocycles. The van der Waals surface area contributed by atoms with Crippen molar-refractivity contribution in [1.82, 2.24) is 5.32 Å². The van der Waals surface area contributed by atoms with E-state index in [0.29, 0.717) is 5.54 Å². The third kappa shape index (κ3) is 5.05. The van der Waals surface area contributed by atoms with Gasteiger partial charge >= 0.3 is 23.1 Å². The van der Waals surface area contributed by atoms with Crippen LogP contribution in [0.25, 0.3) is 0 Å². The molecule has 1 unspecified atom stereocenters. The van der Waals surface area contributed by atoms with Crippen LogP contribution in [0.2, 0.25) is 0 Å². The number of nitrogens with one attached hydrogen (secondary N) is 1. The van der Waals surface area contributed by atoms with Gasteiger partial charge in [0, 0.05) is 5.54 Å². The molecule has 1 heterocycles. The number of hydrogen-bond donors (Lipinski definition) is 1. The van der Waals surface area contributed by atoms with Crippen LogP contribution < -0.4 is 5.32 Å². The van der Waals surface area contributed by atoms with Gasteiger partial charge in [0.1, 0.15) is 0 Å². The molecule has 0 saturated carbocycles. The zero-order valence-electron chi connectivity index (χ0n) is 8.81. The second-order valence-corrected chi connectivity index (χ2v) is 3.69. The Bertz CT molecular complexity index is 107. The normalized spacial score (nSPS) is 25.8. The van der Waals surface area contributed by atoms with Gasteiger partial charge in [0.15, 0.2) is 0 Å². The fraction of sp³-hybridized carbons (Fsp3) is 0.889. The Balaban J connectivity index is -0.000000270. The molecule has 70 valence electrons. The smallest absolute Gasteiger partial charge is 0.358 e. The van der Waals surface area contributed by atoms with Gasteiger partial charge in [-0.1, -0.05) is 6.92 Å².